The molecular formula is C14H21BrN2O3S. The summed E-state index contributed by atoms with van der Waals surface area (Å²) in [6, 6.07) is 5.17. The number of halogens is 1. The van der Waals surface area contributed by atoms with Crippen LogP contribution in [-0.2, 0) is 14.8 Å². The molecule has 1 amide bonds. The van der Waals surface area contributed by atoms with Gasteiger partial charge in [0.25, 0.3) is 0 Å². The van der Waals surface area contributed by atoms with Gasteiger partial charge in [0.1, 0.15) is 0 Å². The number of hydrogen-bond donors (Lipinski definition) is 2. The van der Waals surface area contributed by atoms with Crippen LogP contribution in [0.4, 0.5) is 0 Å². The van der Waals surface area contributed by atoms with Crippen molar-refractivity contribution in [2.75, 3.05) is 6.54 Å². The molecule has 0 aliphatic rings. The van der Waals surface area contributed by atoms with Crippen LogP contribution in [0.5, 0.6) is 0 Å². The van der Waals surface area contributed by atoms with Crippen LogP contribution in [0.3, 0.4) is 0 Å². The lowest BCUT2D eigenvalue weighted by molar-refractivity contribution is -0.121. The van der Waals surface area contributed by atoms with Gasteiger partial charge in [-0.2, -0.15) is 0 Å². The molecule has 1 aromatic carbocycles. The molecule has 5 nitrogen and oxygen atoms in total. The summed E-state index contributed by atoms with van der Waals surface area (Å²) in [4.78, 5) is 11.8. The Kier molecular flexibility index (Phi) is 6.83. The van der Waals surface area contributed by atoms with Gasteiger partial charge in [0.15, 0.2) is 0 Å². The first-order chi connectivity index (χ1) is 9.76. The third-order valence-corrected chi connectivity index (χ3v) is 5.20. The lowest BCUT2D eigenvalue weighted by Gasteiger charge is -2.12. The molecule has 0 aliphatic carbocycles. The monoisotopic (exact) mass is 376 g/mol. The number of amides is 1. The fourth-order valence-corrected chi connectivity index (χ4v) is 3.50. The highest BCUT2D eigenvalue weighted by molar-refractivity contribution is 9.10. The first kappa shape index (κ1) is 18.1. The van der Waals surface area contributed by atoms with E-state index in [4.69, 9.17) is 0 Å². The van der Waals surface area contributed by atoms with Crippen molar-refractivity contribution in [2.45, 2.75) is 44.6 Å². The van der Waals surface area contributed by atoms with E-state index in [2.05, 4.69) is 26.0 Å². The van der Waals surface area contributed by atoms with Crippen LogP contribution in [0.25, 0.3) is 0 Å². The van der Waals surface area contributed by atoms with Crippen LogP contribution in [0.15, 0.2) is 27.6 Å². The third-order valence-electron chi connectivity index (χ3n) is 3.10. The van der Waals surface area contributed by atoms with Gasteiger partial charge in [0.05, 0.1) is 4.90 Å². The third kappa shape index (κ3) is 5.76. The Labute approximate surface area is 134 Å². The molecular weight excluding hydrogens is 356 g/mol. The van der Waals surface area contributed by atoms with Crippen LogP contribution in [0, 0.1) is 6.92 Å². The summed E-state index contributed by atoms with van der Waals surface area (Å²) in [5.41, 5.74) is 0.662. The van der Waals surface area contributed by atoms with E-state index in [-0.39, 0.29) is 29.8 Å². The number of benzene rings is 1. The molecule has 1 unspecified atom stereocenters. The minimum Gasteiger partial charge on any atom is -0.354 e. The van der Waals surface area contributed by atoms with E-state index in [1.807, 2.05) is 13.8 Å². The molecule has 0 spiro atoms. The number of carbonyl (C=O) groups excluding carboxylic acids is 1. The van der Waals surface area contributed by atoms with E-state index >= 15 is 0 Å². The SMILES string of the molecule is CCC(C)NC(=O)CCNS(=O)(=O)c1cc(Br)ccc1C. The Morgan fingerprint density at radius 2 is 2.05 bits per heavy atom. The number of aryl methyl sites for hydroxylation is 1. The highest BCUT2D eigenvalue weighted by Crippen LogP contribution is 2.20. The van der Waals surface area contributed by atoms with Crippen LogP contribution in [-0.4, -0.2) is 26.9 Å². The van der Waals surface area contributed by atoms with Crippen molar-refractivity contribution < 1.29 is 13.2 Å². The van der Waals surface area contributed by atoms with Crippen molar-refractivity contribution in [2.24, 2.45) is 0 Å². The number of hydrogen-bond acceptors (Lipinski definition) is 3. The van der Waals surface area contributed by atoms with Crippen LogP contribution in [0.1, 0.15) is 32.3 Å². The molecule has 7 heteroatoms. The van der Waals surface area contributed by atoms with Gasteiger partial charge in [-0.3, -0.25) is 4.79 Å². The Morgan fingerprint density at radius 3 is 2.67 bits per heavy atom. The van der Waals surface area contributed by atoms with Crippen molar-refractivity contribution in [1.29, 1.82) is 0 Å². The summed E-state index contributed by atoms with van der Waals surface area (Å²) in [5, 5.41) is 2.79. The lowest BCUT2D eigenvalue weighted by Crippen LogP contribution is -2.35. The summed E-state index contributed by atoms with van der Waals surface area (Å²) >= 11 is 3.26. The molecule has 118 valence electrons. The Bertz CT molecular complexity index is 602. The molecule has 1 atom stereocenters. The predicted molar refractivity (Wildman–Crippen MR) is 86.6 cm³/mol. The zero-order valence-electron chi connectivity index (χ0n) is 12.4. The highest BCUT2D eigenvalue weighted by Gasteiger charge is 2.17. The van der Waals surface area contributed by atoms with Gasteiger partial charge < -0.3 is 5.32 Å². The second-order valence-corrected chi connectivity index (χ2v) is 7.59. The zero-order valence-corrected chi connectivity index (χ0v) is 14.8. The van der Waals surface area contributed by atoms with Gasteiger partial charge in [-0.25, -0.2) is 13.1 Å². The van der Waals surface area contributed by atoms with E-state index < -0.39 is 10.0 Å². The number of rotatable bonds is 7. The fourth-order valence-electron chi connectivity index (χ4n) is 1.69. The van der Waals surface area contributed by atoms with Gasteiger partial charge in [-0.15, -0.1) is 0 Å². The van der Waals surface area contributed by atoms with Crippen molar-refractivity contribution in [3.05, 3.63) is 28.2 Å². The smallest absolute Gasteiger partial charge is 0.240 e. The average Bonchev–Trinajstić information content (AvgIpc) is 2.40. The molecule has 0 radical (unpaired) electrons. The Balaban J connectivity index is 2.62. The van der Waals surface area contributed by atoms with Crippen LogP contribution in [0.2, 0.25) is 0 Å². The van der Waals surface area contributed by atoms with E-state index in [9.17, 15) is 13.2 Å². The molecule has 2 N–H and O–H groups in total. The van der Waals surface area contributed by atoms with Gasteiger partial charge in [0.2, 0.25) is 15.9 Å². The summed E-state index contributed by atoms with van der Waals surface area (Å²) in [7, 11) is -3.60. The minimum atomic E-state index is -3.60. The fraction of sp³-hybridized carbons (Fsp3) is 0.500. The first-order valence-corrected chi connectivity index (χ1v) is 9.09. The van der Waals surface area contributed by atoms with E-state index in [0.29, 0.717) is 10.0 Å². The van der Waals surface area contributed by atoms with Crippen molar-refractivity contribution >= 4 is 31.9 Å². The van der Waals surface area contributed by atoms with Crippen molar-refractivity contribution in [1.82, 2.24) is 10.0 Å². The lowest BCUT2D eigenvalue weighted by atomic mass is 10.2. The predicted octanol–water partition coefficient (Wildman–Crippen LogP) is 2.34. The van der Waals surface area contributed by atoms with Crippen LogP contribution < -0.4 is 10.0 Å². The zero-order chi connectivity index (χ0) is 16.0. The van der Waals surface area contributed by atoms with E-state index in [1.54, 1.807) is 25.1 Å². The van der Waals surface area contributed by atoms with E-state index in [1.165, 1.54) is 0 Å². The quantitative estimate of drug-likeness (QED) is 0.766. The highest BCUT2D eigenvalue weighted by atomic mass is 79.9. The van der Waals surface area contributed by atoms with E-state index in [0.717, 1.165) is 6.42 Å². The molecule has 0 fully saturated rings. The second-order valence-electron chi connectivity index (χ2n) is 4.93. The Hall–Kier alpha value is -0.920. The largest absolute Gasteiger partial charge is 0.354 e. The molecule has 0 aromatic heterocycles. The molecule has 0 heterocycles. The molecule has 1 rings (SSSR count). The van der Waals surface area contributed by atoms with Crippen molar-refractivity contribution in [3.63, 3.8) is 0 Å². The van der Waals surface area contributed by atoms with Gasteiger partial charge in [-0.05, 0) is 38.0 Å². The van der Waals surface area contributed by atoms with Gasteiger partial charge in [-0.1, -0.05) is 28.9 Å². The molecule has 0 saturated carbocycles. The minimum absolute atomic E-state index is 0.0799. The molecule has 0 bridgehead atoms. The molecule has 1 aromatic rings. The number of sulfonamides is 1. The summed E-state index contributed by atoms with van der Waals surface area (Å²) in [5.74, 6) is -0.155. The second kappa shape index (κ2) is 7.91. The normalized spacial score (nSPS) is 13.0. The topological polar surface area (TPSA) is 75.3 Å². The average molecular weight is 377 g/mol. The van der Waals surface area contributed by atoms with Gasteiger partial charge in [0, 0.05) is 23.5 Å². The van der Waals surface area contributed by atoms with Gasteiger partial charge >= 0.3 is 0 Å². The first-order valence-electron chi connectivity index (χ1n) is 6.81. The van der Waals surface area contributed by atoms with Crippen molar-refractivity contribution in [3.8, 4) is 0 Å². The maximum absolute atomic E-state index is 12.2. The molecule has 21 heavy (non-hydrogen) atoms. The number of carbonyl (C=O) groups is 1. The maximum atomic E-state index is 12.2. The standard InChI is InChI=1S/C14H21BrN2O3S/c1-4-11(3)17-14(18)7-8-16-21(19,20)13-9-12(15)6-5-10(13)2/h5-6,9,11,16H,4,7-8H2,1-3H3,(H,17,18). The number of nitrogens with one attached hydrogen (secondary N) is 2. The summed E-state index contributed by atoms with van der Waals surface area (Å²) < 4.78 is 27.6. The summed E-state index contributed by atoms with van der Waals surface area (Å²) in [6.45, 7) is 5.70. The maximum Gasteiger partial charge on any atom is 0.240 e. The molecule has 0 saturated heterocycles. The molecule has 0 aliphatic heterocycles. The Morgan fingerprint density at radius 1 is 1.38 bits per heavy atom. The summed E-state index contributed by atoms with van der Waals surface area (Å²) in [6.07, 6.45) is 0.964. The van der Waals surface area contributed by atoms with Crippen LogP contribution >= 0.6 is 15.9 Å².